The minimum absolute atomic E-state index is 0.0357. The second-order valence-electron chi connectivity index (χ2n) is 10.1. The van der Waals surface area contributed by atoms with Crippen LogP contribution in [0.25, 0.3) is 22.3 Å². The largest absolute Gasteiger partial charge is 0.508 e. The summed E-state index contributed by atoms with van der Waals surface area (Å²) in [5.41, 5.74) is -0.926. The number of benzene rings is 2. The van der Waals surface area contributed by atoms with Crippen molar-refractivity contribution in [1.29, 1.82) is 0 Å². The second-order valence-corrected chi connectivity index (χ2v) is 10.1. The lowest BCUT2D eigenvalue weighted by Crippen LogP contribution is -2.60. The molecule has 2 aliphatic heterocycles. The lowest BCUT2D eigenvalue weighted by atomic mass is 9.99. The SMILES string of the molecule is O=c1cc(-c2ccc(O)cc2OC2OC(CO)C(O)C(O)C2O)oc2cc(O)cc(OC3OC(CO)C(O)C(O)C3O)c12. The zero-order valence-electron chi connectivity index (χ0n) is 22.1. The summed E-state index contributed by atoms with van der Waals surface area (Å²) in [5.74, 6) is -1.45. The molecule has 10 atom stereocenters. The van der Waals surface area contributed by atoms with Gasteiger partial charge in [0.25, 0.3) is 0 Å². The molecule has 0 radical (unpaired) electrons. The zero-order chi connectivity index (χ0) is 31.2. The first kappa shape index (κ1) is 30.9. The molecule has 3 heterocycles. The Hall–Kier alpha value is -3.55. The van der Waals surface area contributed by atoms with E-state index >= 15 is 0 Å². The van der Waals surface area contributed by atoms with Crippen LogP contribution in [0, 0.1) is 0 Å². The van der Waals surface area contributed by atoms with E-state index in [0.29, 0.717) is 0 Å². The maximum atomic E-state index is 13.3. The van der Waals surface area contributed by atoms with Crippen molar-refractivity contribution < 1.29 is 74.4 Å². The molecule has 0 aliphatic carbocycles. The number of rotatable bonds is 7. The Bertz CT molecular complexity index is 1500. The predicted octanol–water partition coefficient (Wildman–Crippen LogP) is -2.77. The van der Waals surface area contributed by atoms with E-state index in [2.05, 4.69) is 0 Å². The normalized spacial score (nSPS) is 32.9. The molecule has 5 rings (SSSR count). The maximum Gasteiger partial charge on any atom is 0.229 e. The number of aliphatic hydroxyl groups excluding tert-OH is 8. The van der Waals surface area contributed by atoms with Crippen molar-refractivity contribution in [1.82, 2.24) is 0 Å². The number of aromatic hydroxyl groups is 2. The van der Waals surface area contributed by atoms with Crippen LogP contribution in [0.5, 0.6) is 23.0 Å². The first-order valence-corrected chi connectivity index (χ1v) is 13.0. The highest BCUT2D eigenvalue weighted by atomic mass is 16.7. The molecule has 43 heavy (non-hydrogen) atoms. The van der Waals surface area contributed by atoms with Crippen LogP contribution < -0.4 is 14.9 Å². The van der Waals surface area contributed by atoms with Gasteiger partial charge in [0.15, 0.2) is 5.43 Å². The Kier molecular flexibility index (Phi) is 8.77. The third-order valence-electron chi connectivity index (χ3n) is 7.19. The minimum Gasteiger partial charge on any atom is -0.508 e. The molecule has 0 spiro atoms. The van der Waals surface area contributed by atoms with E-state index in [9.17, 15) is 55.9 Å². The van der Waals surface area contributed by atoms with Crippen molar-refractivity contribution in [3.8, 4) is 34.3 Å². The van der Waals surface area contributed by atoms with Gasteiger partial charge < -0.3 is 74.4 Å². The van der Waals surface area contributed by atoms with Gasteiger partial charge in [-0.15, -0.1) is 0 Å². The van der Waals surface area contributed by atoms with Gasteiger partial charge in [-0.25, -0.2) is 0 Å². The fourth-order valence-corrected chi connectivity index (χ4v) is 4.86. The Balaban J connectivity index is 1.51. The highest BCUT2D eigenvalue weighted by Crippen LogP contribution is 2.38. The lowest BCUT2D eigenvalue weighted by Gasteiger charge is -2.39. The van der Waals surface area contributed by atoms with Gasteiger partial charge in [0, 0.05) is 24.3 Å². The molecular weight excluding hydrogens is 580 g/mol. The van der Waals surface area contributed by atoms with Gasteiger partial charge in [-0.05, 0) is 12.1 Å². The molecule has 2 aromatic carbocycles. The molecule has 2 aliphatic rings. The van der Waals surface area contributed by atoms with Crippen LogP contribution in [0.2, 0.25) is 0 Å². The van der Waals surface area contributed by atoms with Crippen LogP contribution >= 0.6 is 0 Å². The van der Waals surface area contributed by atoms with Crippen LogP contribution in [-0.4, -0.2) is 126 Å². The number of aliphatic hydroxyl groups is 8. The topological polar surface area (TPSA) is 269 Å². The van der Waals surface area contributed by atoms with Crippen molar-refractivity contribution in [2.45, 2.75) is 61.4 Å². The van der Waals surface area contributed by atoms with Gasteiger partial charge >= 0.3 is 0 Å². The molecular formula is C27H30O16. The lowest BCUT2D eigenvalue weighted by molar-refractivity contribution is -0.277. The number of ether oxygens (including phenoxy) is 4. The molecule has 0 amide bonds. The predicted molar refractivity (Wildman–Crippen MR) is 140 cm³/mol. The smallest absolute Gasteiger partial charge is 0.229 e. The number of hydrogen-bond donors (Lipinski definition) is 10. The maximum absolute atomic E-state index is 13.3. The molecule has 16 heteroatoms. The Labute approximate surface area is 241 Å². The van der Waals surface area contributed by atoms with Gasteiger partial charge in [-0.1, -0.05) is 0 Å². The summed E-state index contributed by atoms with van der Waals surface area (Å²) in [7, 11) is 0. The van der Waals surface area contributed by atoms with Crippen LogP contribution in [-0.2, 0) is 9.47 Å². The van der Waals surface area contributed by atoms with E-state index in [0.717, 1.165) is 24.3 Å². The van der Waals surface area contributed by atoms with Crippen molar-refractivity contribution >= 4 is 11.0 Å². The van der Waals surface area contributed by atoms with Gasteiger partial charge in [0.05, 0.1) is 18.8 Å². The van der Waals surface area contributed by atoms with Crippen LogP contribution in [0.3, 0.4) is 0 Å². The molecule has 2 saturated heterocycles. The molecule has 3 aromatic rings. The fraction of sp³-hybridized carbons (Fsp3) is 0.444. The summed E-state index contributed by atoms with van der Waals surface area (Å²) in [4.78, 5) is 13.3. The summed E-state index contributed by atoms with van der Waals surface area (Å²) in [6.07, 6.45) is -16.3. The van der Waals surface area contributed by atoms with E-state index in [1.54, 1.807) is 0 Å². The van der Waals surface area contributed by atoms with Crippen LogP contribution in [0.15, 0.2) is 45.6 Å². The van der Waals surface area contributed by atoms with Crippen LogP contribution in [0.1, 0.15) is 0 Å². The Morgan fingerprint density at radius 1 is 0.651 bits per heavy atom. The standard InChI is InChI=1S/C27H30O16/c28-7-17-20(33)22(35)24(37)26(42-17)40-13-3-9(30)1-2-11(13)14-6-12(32)19-15(39-14)4-10(31)5-16(19)41-27-25(38)23(36)21(34)18(8-29)43-27/h1-6,17-18,20-31,33-38H,7-8H2. The first-order chi connectivity index (χ1) is 20.4. The van der Waals surface area contributed by atoms with Gasteiger partial charge in [-0.3, -0.25) is 4.79 Å². The van der Waals surface area contributed by atoms with Gasteiger partial charge in [-0.2, -0.15) is 0 Å². The molecule has 2 fully saturated rings. The number of phenols is 2. The summed E-state index contributed by atoms with van der Waals surface area (Å²) in [6, 6.07) is 6.74. The summed E-state index contributed by atoms with van der Waals surface area (Å²) < 4.78 is 27.8. The molecule has 10 unspecified atom stereocenters. The van der Waals surface area contributed by atoms with Crippen LogP contribution in [0.4, 0.5) is 0 Å². The molecule has 0 bridgehead atoms. The Morgan fingerprint density at radius 2 is 1.19 bits per heavy atom. The summed E-state index contributed by atoms with van der Waals surface area (Å²) in [6.45, 7) is -1.44. The fourth-order valence-electron chi connectivity index (χ4n) is 4.86. The average Bonchev–Trinajstić information content (AvgIpc) is 2.97. The molecule has 234 valence electrons. The van der Waals surface area contributed by atoms with E-state index < -0.39 is 85.8 Å². The molecule has 1 aromatic heterocycles. The second kappa shape index (κ2) is 12.2. The van der Waals surface area contributed by atoms with Gasteiger partial charge in [0.2, 0.25) is 12.6 Å². The molecule has 10 N–H and O–H groups in total. The highest BCUT2D eigenvalue weighted by molar-refractivity contribution is 5.86. The first-order valence-electron chi connectivity index (χ1n) is 13.0. The van der Waals surface area contributed by atoms with Crippen molar-refractivity contribution in [3.05, 3.63) is 46.6 Å². The summed E-state index contributed by atoms with van der Waals surface area (Å²) in [5, 5.41) is 100. The summed E-state index contributed by atoms with van der Waals surface area (Å²) >= 11 is 0. The quantitative estimate of drug-likeness (QED) is 0.130. The molecule has 16 nitrogen and oxygen atoms in total. The van der Waals surface area contributed by atoms with Crippen molar-refractivity contribution in [2.24, 2.45) is 0 Å². The monoisotopic (exact) mass is 610 g/mol. The van der Waals surface area contributed by atoms with Crippen molar-refractivity contribution in [3.63, 3.8) is 0 Å². The number of fused-ring (bicyclic) bond motifs is 1. The molecule has 0 saturated carbocycles. The third kappa shape index (κ3) is 5.85. The number of hydrogen-bond acceptors (Lipinski definition) is 16. The van der Waals surface area contributed by atoms with E-state index in [-0.39, 0.29) is 39.5 Å². The third-order valence-corrected chi connectivity index (χ3v) is 7.19. The van der Waals surface area contributed by atoms with Gasteiger partial charge in [0.1, 0.15) is 88.6 Å². The Morgan fingerprint density at radius 3 is 1.74 bits per heavy atom. The van der Waals surface area contributed by atoms with E-state index in [4.69, 9.17) is 23.4 Å². The minimum atomic E-state index is -1.80. The van der Waals surface area contributed by atoms with E-state index in [1.165, 1.54) is 12.1 Å². The average molecular weight is 611 g/mol. The highest BCUT2D eigenvalue weighted by Gasteiger charge is 2.46. The van der Waals surface area contributed by atoms with Crippen molar-refractivity contribution in [2.75, 3.05) is 13.2 Å². The zero-order valence-corrected chi connectivity index (χ0v) is 22.1. The van der Waals surface area contributed by atoms with E-state index in [1.807, 2.05) is 0 Å². The number of phenolic OH excluding ortho intramolecular Hbond substituents is 2.